The molecule has 0 radical (unpaired) electrons. The molecule has 4 heteroatoms. The fourth-order valence-electron chi connectivity index (χ4n) is 3.58. The van der Waals surface area contributed by atoms with Crippen LogP contribution in [0.15, 0.2) is 30.3 Å². The quantitative estimate of drug-likeness (QED) is 0.808. The predicted molar refractivity (Wildman–Crippen MR) is 96.3 cm³/mol. The molecular formula is C19H33N3O. The molecular weight excluding hydrogens is 286 g/mol. The third-order valence-corrected chi connectivity index (χ3v) is 4.57. The molecule has 0 aliphatic carbocycles. The zero-order chi connectivity index (χ0) is 16.9. The van der Waals surface area contributed by atoms with Gasteiger partial charge in [-0.25, -0.2) is 0 Å². The van der Waals surface area contributed by atoms with Crippen molar-refractivity contribution in [3.05, 3.63) is 35.9 Å². The Morgan fingerprint density at radius 2 is 1.87 bits per heavy atom. The highest BCUT2D eigenvalue weighted by Gasteiger charge is 2.23. The Kier molecular flexibility index (Phi) is 6.60. The first-order valence-corrected chi connectivity index (χ1v) is 8.76. The first-order valence-electron chi connectivity index (χ1n) is 8.76. The van der Waals surface area contributed by atoms with Gasteiger partial charge in [-0.3, -0.25) is 0 Å². The Hall–Kier alpha value is -0.940. The van der Waals surface area contributed by atoms with Gasteiger partial charge in [0.05, 0.1) is 6.10 Å². The number of nitrogens with two attached hydrogens (primary N) is 1. The van der Waals surface area contributed by atoms with Gasteiger partial charge >= 0.3 is 0 Å². The number of benzene rings is 1. The third-order valence-electron chi connectivity index (χ3n) is 4.57. The summed E-state index contributed by atoms with van der Waals surface area (Å²) in [6, 6.07) is 9.96. The van der Waals surface area contributed by atoms with E-state index in [1.807, 2.05) is 30.3 Å². The maximum atomic E-state index is 10.3. The molecule has 0 spiro atoms. The van der Waals surface area contributed by atoms with Crippen LogP contribution in [0, 0.1) is 5.92 Å². The maximum absolute atomic E-state index is 10.3. The molecule has 0 amide bonds. The smallest absolute Gasteiger partial charge is 0.0916 e. The molecule has 4 nitrogen and oxygen atoms in total. The molecule has 1 fully saturated rings. The van der Waals surface area contributed by atoms with Crippen LogP contribution in [0.4, 0.5) is 0 Å². The minimum atomic E-state index is -0.381. The van der Waals surface area contributed by atoms with Crippen LogP contribution >= 0.6 is 0 Å². The van der Waals surface area contributed by atoms with Crippen LogP contribution in [0.2, 0.25) is 0 Å². The summed E-state index contributed by atoms with van der Waals surface area (Å²) in [6.45, 7) is 9.11. The zero-order valence-corrected chi connectivity index (χ0v) is 14.9. The summed E-state index contributed by atoms with van der Waals surface area (Å²) in [6.07, 6.45) is 2.03. The lowest BCUT2D eigenvalue weighted by Crippen LogP contribution is -2.46. The molecule has 2 rings (SSSR count). The van der Waals surface area contributed by atoms with Crippen molar-refractivity contribution in [3.8, 4) is 0 Å². The average molecular weight is 319 g/mol. The number of rotatable bonds is 7. The fraction of sp³-hybridized carbons (Fsp3) is 0.684. The molecule has 1 unspecified atom stereocenters. The molecule has 1 heterocycles. The van der Waals surface area contributed by atoms with Crippen molar-refractivity contribution in [2.45, 2.75) is 38.3 Å². The molecule has 1 aliphatic heterocycles. The van der Waals surface area contributed by atoms with Gasteiger partial charge in [-0.1, -0.05) is 30.3 Å². The standard InChI is InChI=1S/C19H33N3O/c1-19(2,20)15-21(3)13-16-9-11-22(12-10-16)14-18(23)17-7-5-4-6-8-17/h4-8,16,18,23H,9-15,20H2,1-3H3. The van der Waals surface area contributed by atoms with E-state index in [0.717, 1.165) is 44.2 Å². The first kappa shape index (κ1) is 18.4. The summed E-state index contributed by atoms with van der Waals surface area (Å²) < 4.78 is 0. The van der Waals surface area contributed by atoms with Gasteiger partial charge < -0.3 is 20.6 Å². The molecule has 0 bridgehead atoms. The van der Waals surface area contributed by atoms with Crippen LogP contribution in [0.1, 0.15) is 38.4 Å². The highest BCUT2D eigenvalue weighted by molar-refractivity contribution is 5.17. The molecule has 1 saturated heterocycles. The Bertz CT molecular complexity index is 449. The normalized spacial score (nSPS) is 19.2. The maximum Gasteiger partial charge on any atom is 0.0916 e. The number of likely N-dealkylation sites (N-methyl/N-ethyl adjacent to an activating group) is 1. The molecule has 1 atom stereocenters. The van der Waals surface area contributed by atoms with E-state index in [2.05, 4.69) is 30.7 Å². The van der Waals surface area contributed by atoms with Crippen molar-refractivity contribution in [1.82, 2.24) is 9.80 Å². The van der Waals surface area contributed by atoms with Crippen molar-refractivity contribution in [2.75, 3.05) is 39.8 Å². The molecule has 23 heavy (non-hydrogen) atoms. The van der Waals surface area contributed by atoms with E-state index in [-0.39, 0.29) is 11.6 Å². The van der Waals surface area contributed by atoms with E-state index in [0.29, 0.717) is 0 Å². The van der Waals surface area contributed by atoms with E-state index in [1.165, 1.54) is 12.8 Å². The molecule has 1 aromatic carbocycles. The van der Waals surface area contributed by atoms with Gasteiger partial charge in [-0.15, -0.1) is 0 Å². The molecule has 130 valence electrons. The van der Waals surface area contributed by atoms with Gasteiger partial charge in [0.2, 0.25) is 0 Å². The van der Waals surface area contributed by atoms with Crippen molar-refractivity contribution >= 4 is 0 Å². The van der Waals surface area contributed by atoms with Gasteiger partial charge in [0, 0.05) is 25.2 Å². The molecule has 0 saturated carbocycles. The Morgan fingerprint density at radius 1 is 1.26 bits per heavy atom. The van der Waals surface area contributed by atoms with E-state index in [1.54, 1.807) is 0 Å². The zero-order valence-electron chi connectivity index (χ0n) is 14.9. The number of hydrogen-bond donors (Lipinski definition) is 2. The van der Waals surface area contributed by atoms with Crippen LogP contribution in [0.25, 0.3) is 0 Å². The highest BCUT2D eigenvalue weighted by atomic mass is 16.3. The summed E-state index contributed by atoms with van der Waals surface area (Å²) in [5.74, 6) is 0.743. The highest BCUT2D eigenvalue weighted by Crippen LogP contribution is 2.21. The number of β-amino-alcohol motifs (C(OH)–C–C–N with tert-alkyl or cyclic N) is 1. The van der Waals surface area contributed by atoms with Crippen molar-refractivity contribution in [3.63, 3.8) is 0 Å². The van der Waals surface area contributed by atoms with E-state index in [4.69, 9.17) is 5.73 Å². The molecule has 0 aromatic heterocycles. The van der Waals surface area contributed by atoms with Crippen LogP contribution in [0.3, 0.4) is 0 Å². The Morgan fingerprint density at radius 3 is 2.43 bits per heavy atom. The molecule has 1 aromatic rings. The van der Waals surface area contributed by atoms with Crippen LogP contribution in [0.5, 0.6) is 0 Å². The summed E-state index contributed by atoms with van der Waals surface area (Å²) in [4.78, 5) is 4.75. The second-order valence-corrected chi connectivity index (χ2v) is 7.86. The summed E-state index contributed by atoms with van der Waals surface area (Å²) in [5, 5.41) is 10.3. The van der Waals surface area contributed by atoms with Crippen LogP contribution in [-0.2, 0) is 0 Å². The number of piperidine rings is 1. The van der Waals surface area contributed by atoms with Crippen molar-refractivity contribution < 1.29 is 5.11 Å². The monoisotopic (exact) mass is 319 g/mol. The number of aliphatic hydroxyl groups excluding tert-OH is 1. The SMILES string of the molecule is CN(CC1CCN(CC(O)c2ccccc2)CC1)CC(C)(C)N. The number of likely N-dealkylation sites (tertiary alicyclic amines) is 1. The number of nitrogens with zero attached hydrogens (tertiary/aromatic N) is 2. The number of aliphatic hydroxyl groups is 1. The number of hydrogen-bond acceptors (Lipinski definition) is 4. The van der Waals surface area contributed by atoms with E-state index >= 15 is 0 Å². The summed E-state index contributed by atoms with van der Waals surface area (Å²) >= 11 is 0. The lowest BCUT2D eigenvalue weighted by Gasteiger charge is -2.36. The summed E-state index contributed by atoms with van der Waals surface area (Å²) in [7, 11) is 2.17. The van der Waals surface area contributed by atoms with Crippen molar-refractivity contribution in [1.29, 1.82) is 0 Å². The lowest BCUT2D eigenvalue weighted by atomic mass is 9.95. The largest absolute Gasteiger partial charge is 0.387 e. The van der Waals surface area contributed by atoms with E-state index in [9.17, 15) is 5.11 Å². The molecule has 3 N–H and O–H groups in total. The molecule has 1 aliphatic rings. The van der Waals surface area contributed by atoms with Gasteiger partial charge in [-0.2, -0.15) is 0 Å². The van der Waals surface area contributed by atoms with Gasteiger partial charge in [-0.05, 0) is 58.3 Å². The third kappa shape index (κ3) is 6.60. The fourth-order valence-corrected chi connectivity index (χ4v) is 3.58. The second-order valence-electron chi connectivity index (χ2n) is 7.86. The minimum Gasteiger partial charge on any atom is -0.387 e. The lowest BCUT2D eigenvalue weighted by molar-refractivity contribution is 0.0816. The Balaban J connectivity index is 1.72. The predicted octanol–water partition coefficient (Wildman–Crippen LogP) is 2.10. The van der Waals surface area contributed by atoms with Gasteiger partial charge in [0.1, 0.15) is 0 Å². The first-order chi connectivity index (χ1) is 10.8. The second kappa shape index (κ2) is 8.25. The van der Waals surface area contributed by atoms with E-state index < -0.39 is 0 Å². The van der Waals surface area contributed by atoms with Crippen LogP contribution < -0.4 is 5.73 Å². The van der Waals surface area contributed by atoms with Gasteiger partial charge in [0.25, 0.3) is 0 Å². The topological polar surface area (TPSA) is 52.7 Å². The van der Waals surface area contributed by atoms with Gasteiger partial charge in [0.15, 0.2) is 0 Å². The average Bonchev–Trinajstić information content (AvgIpc) is 2.48. The Labute approximate surface area is 141 Å². The summed E-state index contributed by atoms with van der Waals surface area (Å²) in [5.41, 5.74) is 6.98. The van der Waals surface area contributed by atoms with Crippen LogP contribution in [-0.4, -0.2) is 60.2 Å². The van der Waals surface area contributed by atoms with Crippen molar-refractivity contribution in [2.24, 2.45) is 11.7 Å². The minimum absolute atomic E-state index is 0.130.